The van der Waals surface area contributed by atoms with E-state index < -0.39 is 6.09 Å². The van der Waals surface area contributed by atoms with Crippen LogP contribution in [0.2, 0.25) is 0 Å². The number of anilines is 2. The van der Waals surface area contributed by atoms with Gasteiger partial charge < -0.3 is 14.7 Å². The maximum atomic E-state index is 11.3. The van der Waals surface area contributed by atoms with E-state index in [1.54, 1.807) is 0 Å². The number of ether oxygens (including phenoxy) is 1. The van der Waals surface area contributed by atoms with Crippen molar-refractivity contribution in [1.29, 1.82) is 0 Å². The molecule has 1 aliphatic rings. The molecule has 0 saturated carbocycles. The van der Waals surface area contributed by atoms with Crippen molar-refractivity contribution in [3.63, 3.8) is 0 Å². The standard InChI is InChI=1S/C14H20N2O3/c17-10-11-19-14(18)15-12-4-6-13(7-5-12)16-8-2-1-3-9-16/h4-7,17H,1-3,8-11H2,(H,15,18). The molecule has 1 aromatic rings. The molecule has 1 aromatic carbocycles. The Kier molecular flexibility index (Phi) is 5.03. The summed E-state index contributed by atoms with van der Waals surface area (Å²) in [7, 11) is 0. The molecule has 1 heterocycles. The van der Waals surface area contributed by atoms with Crippen LogP contribution in [-0.4, -0.2) is 37.5 Å². The number of piperidine rings is 1. The van der Waals surface area contributed by atoms with E-state index in [0.717, 1.165) is 13.1 Å². The van der Waals surface area contributed by atoms with Gasteiger partial charge in [-0.15, -0.1) is 0 Å². The second-order valence-corrected chi connectivity index (χ2v) is 4.58. The highest BCUT2D eigenvalue weighted by atomic mass is 16.6. The molecule has 0 spiro atoms. The molecule has 0 radical (unpaired) electrons. The molecule has 2 N–H and O–H groups in total. The Morgan fingerprint density at radius 2 is 1.89 bits per heavy atom. The fraction of sp³-hybridized carbons (Fsp3) is 0.500. The number of hydrogen-bond acceptors (Lipinski definition) is 4. The monoisotopic (exact) mass is 264 g/mol. The zero-order valence-electron chi connectivity index (χ0n) is 11.0. The largest absolute Gasteiger partial charge is 0.447 e. The van der Waals surface area contributed by atoms with Crippen LogP contribution >= 0.6 is 0 Å². The molecule has 1 aliphatic heterocycles. The van der Waals surface area contributed by atoms with E-state index >= 15 is 0 Å². The maximum Gasteiger partial charge on any atom is 0.411 e. The van der Waals surface area contributed by atoms with Crippen LogP contribution in [0.25, 0.3) is 0 Å². The van der Waals surface area contributed by atoms with Crippen LogP contribution in [0, 0.1) is 0 Å². The van der Waals surface area contributed by atoms with Gasteiger partial charge in [0.25, 0.3) is 0 Å². The molecule has 0 atom stereocenters. The number of hydrogen-bond donors (Lipinski definition) is 2. The highest BCUT2D eigenvalue weighted by Gasteiger charge is 2.10. The summed E-state index contributed by atoms with van der Waals surface area (Å²) in [4.78, 5) is 13.7. The summed E-state index contributed by atoms with van der Waals surface area (Å²) in [6.07, 6.45) is 3.26. The van der Waals surface area contributed by atoms with Crippen molar-refractivity contribution in [1.82, 2.24) is 0 Å². The van der Waals surface area contributed by atoms with Gasteiger partial charge in [-0.05, 0) is 43.5 Å². The van der Waals surface area contributed by atoms with Crippen molar-refractivity contribution >= 4 is 17.5 Å². The van der Waals surface area contributed by atoms with Crippen molar-refractivity contribution in [3.8, 4) is 0 Å². The number of amides is 1. The maximum absolute atomic E-state index is 11.3. The van der Waals surface area contributed by atoms with E-state index in [0.29, 0.717) is 5.69 Å². The third-order valence-corrected chi connectivity index (χ3v) is 3.16. The van der Waals surface area contributed by atoms with Crippen LogP contribution in [0.1, 0.15) is 19.3 Å². The van der Waals surface area contributed by atoms with Crippen LogP contribution in [0.3, 0.4) is 0 Å². The fourth-order valence-corrected chi connectivity index (χ4v) is 2.20. The van der Waals surface area contributed by atoms with Gasteiger partial charge in [0.2, 0.25) is 0 Å². The minimum Gasteiger partial charge on any atom is -0.447 e. The molecule has 5 nitrogen and oxygen atoms in total. The molecular weight excluding hydrogens is 244 g/mol. The normalized spacial score (nSPS) is 15.1. The first-order valence-electron chi connectivity index (χ1n) is 6.69. The highest BCUT2D eigenvalue weighted by Crippen LogP contribution is 2.21. The van der Waals surface area contributed by atoms with Crippen molar-refractivity contribution in [2.45, 2.75) is 19.3 Å². The Morgan fingerprint density at radius 1 is 1.21 bits per heavy atom. The molecule has 5 heteroatoms. The average Bonchev–Trinajstić information content (AvgIpc) is 2.47. The van der Waals surface area contributed by atoms with E-state index in [1.165, 1.54) is 24.9 Å². The van der Waals surface area contributed by atoms with Crippen molar-refractivity contribution in [3.05, 3.63) is 24.3 Å². The predicted octanol–water partition coefficient (Wildman–Crippen LogP) is 2.22. The molecule has 0 unspecified atom stereocenters. The summed E-state index contributed by atoms with van der Waals surface area (Å²) in [5.74, 6) is 0. The SMILES string of the molecule is O=C(Nc1ccc(N2CCCCC2)cc1)OCCO. The molecule has 2 rings (SSSR count). The third kappa shape index (κ3) is 4.13. The molecule has 1 fully saturated rings. The number of carbonyl (C=O) groups is 1. The summed E-state index contributed by atoms with van der Waals surface area (Å²) in [6.45, 7) is 2.05. The number of nitrogens with one attached hydrogen (secondary N) is 1. The minimum atomic E-state index is -0.542. The first-order chi connectivity index (χ1) is 9.29. The third-order valence-electron chi connectivity index (χ3n) is 3.16. The Bertz CT molecular complexity index is 400. The van der Waals surface area contributed by atoms with Gasteiger partial charge in [-0.3, -0.25) is 5.32 Å². The van der Waals surface area contributed by atoms with Gasteiger partial charge in [0.05, 0.1) is 6.61 Å². The lowest BCUT2D eigenvalue weighted by atomic mass is 10.1. The average molecular weight is 264 g/mol. The lowest BCUT2D eigenvalue weighted by Crippen LogP contribution is -2.29. The Labute approximate surface area is 113 Å². The topological polar surface area (TPSA) is 61.8 Å². The van der Waals surface area contributed by atoms with Crippen LogP contribution in [0.15, 0.2) is 24.3 Å². The Morgan fingerprint density at radius 3 is 2.53 bits per heavy atom. The van der Waals surface area contributed by atoms with Crippen LogP contribution < -0.4 is 10.2 Å². The van der Waals surface area contributed by atoms with E-state index in [9.17, 15) is 4.79 Å². The van der Waals surface area contributed by atoms with Crippen LogP contribution in [0.5, 0.6) is 0 Å². The molecule has 1 amide bonds. The quantitative estimate of drug-likeness (QED) is 0.875. The molecule has 19 heavy (non-hydrogen) atoms. The Hall–Kier alpha value is -1.75. The van der Waals surface area contributed by atoms with E-state index in [-0.39, 0.29) is 13.2 Å². The van der Waals surface area contributed by atoms with Gasteiger partial charge in [-0.2, -0.15) is 0 Å². The smallest absolute Gasteiger partial charge is 0.411 e. The van der Waals surface area contributed by atoms with Gasteiger partial charge in [-0.1, -0.05) is 0 Å². The summed E-state index contributed by atoms with van der Waals surface area (Å²) in [5.41, 5.74) is 1.89. The molecule has 104 valence electrons. The Balaban J connectivity index is 1.88. The van der Waals surface area contributed by atoms with Crippen molar-refractivity contribution in [2.75, 3.05) is 36.5 Å². The van der Waals surface area contributed by atoms with E-state index in [4.69, 9.17) is 9.84 Å². The summed E-state index contributed by atoms with van der Waals surface area (Å²) >= 11 is 0. The van der Waals surface area contributed by atoms with Gasteiger partial charge in [0.15, 0.2) is 0 Å². The number of benzene rings is 1. The summed E-state index contributed by atoms with van der Waals surface area (Å²) in [5, 5.41) is 11.2. The van der Waals surface area contributed by atoms with Crippen molar-refractivity contribution in [2.24, 2.45) is 0 Å². The molecular formula is C14H20N2O3. The van der Waals surface area contributed by atoms with E-state index in [2.05, 4.69) is 10.2 Å². The van der Waals surface area contributed by atoms with Gasteiger partial charge in [0.1, 0.15) is 6.61 Å². The molecule has 0 aliphatic carbocycles. The zero-order chi connectivity index (χ0) is 13.5. The highest BCUT2D eigenvalue weighted by molar-refractivity contribution is 5.84. The molecule has 0 aromatic heterocycles. The number of aliphatic hydroxyl groups excluding tert-OH is 1. The number of carbonyl (C=O) groups excluding carboxylic acids is 1. The van der Waals surface area contributed by atoms with Crippen LogP contribution in [0.4, 0.5) is 16.2 Å². The zero-order valence-corrected chi connectivity index (χ0v) is 11.0. The van der Waals surface area contributed by atoms with Gasteiger partial charge in [0, 0.05) is 24.5 Å². The predicted molar refractivity (Wildman–Crippen MR) is 74.6 cm³/mol. The van der Waals surface area contributed by atoms with Gasteiger partial charge >= 0.3 is 6.09 Å². The lowest BCUT2D eigenvalue weighted by Gasteiger charge is -2.28. The number of aliphatic hydroxyl groups is 1. The second-order valence-electron chi connectivity index (χ2n) is 4.58. The molecule has 1 saturated heterocycles. The van der Waals surface area contributed by atoms with E-state index in [1.807, 2.05) is 24.3 Å². The lowest BCUT2D eigenvalue weighted by molar-refractivity contribution is 0.131. The number of nitrogens with zero attached hydrogens (tertiary/aromatic N) is 1. The fourth-order valence-electron chi connectivity index (χ4n) is 2.20. The molecule has 0 bridgehead atoms. The van der Waals surface area contributed by atoms with Gasteiger partial charge in [-0.25, -0.2) is 4.79 Å². The summed E-state index contributed by atoms with van der Waals surface area (Å²) < 4.78 is 4.73. The number of rotatable bonds is 4. The second kappa shape index (κ2) is 6.99. The first kappa shape index (κ1) is 13.7. The minimum absolute atomic E-state index is 0.0116. The first-order valence-corrected chi connectivity index (χ1v) is 6.69. The summed E-state index contributed by atoms with van der Waals surface area (Å²) in [6, 6.07) is 7.74. The van der Waals surface area contributed by atoms with Crippen LogP contribution in [-0.2, 0) is 4.74 Å². The van der Waals surface area contributed by atoms with Crippen molar-refractivity contribution < 1.29 is 14.6 Å².